The molecule has 51 heavy (non-hydrogen) atoms. The molecule has 0 atom stereocenters. The Morgan fingerprint density at radius 1 is 0.333 bits per heavy atom. The second-order valence-corrected chi connectivity index (χ2v) is 16.7. The average molecular weight is 669 g/mol. The Hall–Kier alpha value is -6.42. The van der Waals surface area contributed by atoms with Crippen LogP contribution in [0, 0.1) is 0 Å². The number of aromatic nitrogens is 1. The molecule has 0 unspecified atom stereocenters. The summed E-state index contributed by atoms with van der Waals surface area (Å²) in [5.41, 5.74) is 6.98. The van der Waals surface area contributed by atoms with E-state index in [1.807, 2.05) is 0 Å². The van der Waals surface area contributed by atoms with E-state index < -0.39 is 8.07 Å². The van der Waals surface area contributed by atoms with Crippen LogP contribution in [0.2, 0.25) is 0 Å². The van der Waals surface area contributed by atoms with Gasteiger partial charge in [0.15, 0.2) is 8.07 Å². The molecule has 0 fully saturated rings. The molecule has 9 rings (SSSR count). The average Bonchev–Trinajstić information content (AvgIpc) is 3.56. The summed E-state index contributed by atoms with van der Waals surface area (Å²) in [5, 5.41) is 8.03. The summed E-state index contributed by atoms with van der Waals surface area (Å²) >= 11 is 0. The lowest BCUT2D eigenvalue weighted by molar-refractivity contribution is 1.18. The van der Waals surface area contributed by atoms with Crippen molar-refractivity contribution in [1.82, 2.24) is 4.57 Å². The first-order valence-electron chi connectivity index (χ1n) is 17.5. The van der Waals surface area contributed by atoms with Crippen LogP contribution in [0.4, 0.5) is 17.1 Å². The van der Waals surface area contributed by atoms with Crippen molar-refractivity contribution in [2.45, 2.75) is 0 Å². The van der Waals surface area contributed by atoms with Crippen molar-refractivity contribution in [1.29, 1.82) is 0 Å². The van der Waals surface area contributed by atoms with Crippen molar-refractivity contribution in [2.24, 2.45) is 0 Å². The molecule has 2 nitrogen and oxygen atoms in total. The highest BCUT2D eigenvalue weighted by atomic mass is 28.3. The Balaban J connectivity index is 1.36. The number of fused-ring (bicyclic) bond motifs is 3. The molecule has 9 aromatic rings. The molecule has 0 spiro atoms. The van der Waals surface area contributed by atoms with Gasteiger partial charge in [0.05, 0.1) is 11.0 Å². The molecule has 0 bridgehead atoms. The lowest BCUT2D eigenvalue weighted by Crippen LogP contribution is -2.74. The minimum Gasteiger partial charge on any atom is -0.311 e. The Labute approximate surface area is 300 Å². The first kappa shape index (κ1) is 30.6. The molecule has 1 heterocycles. The summed E-state index contributed by atoms with van der Waals surface area (Å²) in [6, 6.07) is 79.8. The third kappa shape index (κ3) is 5.18. The smallest absolute Gasteiger partial charge is 0.180 e. The van der Waals surface area contributed by atoms with Gasteiger partial charge in [0, 0.05) is 33.5 Å². The molecular weight excluding hydrogens is 633 g/mol. The van der Waals surface area contributed by atoms with Crippen LogP contribution in [0.3, 0.4) is 0 Å². The van der Waals surface area contributed by atoms with Crippen LogP contribution in [0.15, 0.2) is 218 Å². The number of nitrogens with zero attached hydrogens (tertiary/aromatic N) is 2. The maximum Gasteiger partial charge on any atom is 0.180 e. The number of rotatable bonds is 8. The van der Waals surface area contributed by atoms with Crippen LogP contribution in [-0.4, -0.2) is 12.6 Å². The molecule has 8 aromatic carbocycles. The fourth-order valence-electron chi connectivity index (χ4n) is 7.99. The molecule has 0 radical (unpaired) electrons. The predicted octanol–water partition coefficient (Wildman–Crippen LogP) is 9.63. The Bertz CT molecular complexity index is 2470. The third-order valence-corrected chi connectivity index (χ3v) is 14.9. The van der Waals surface area contributed by atoms with Gasteiger partial charge in [-0.2, -0.15) is 0 Å². The maximum atomic E-state index is 2.43. The molecule has 0 N–H and O–H groups in total. The molecule has 0 aliphatic heterocycles. The highest BCUT2D eigenvalue weighted by Gasteiger charge is 2.43. The number of hydrogen-bond acceptors (Lipinski definition) is 1. The van der Waals surface area contributed by atoms with Gasteiger partial charge in [-0.15, -0.1) is 0 Å². The van der Waals surface area contributed by atoms with Crippen LogP contribution in [0.1, 0.15) is 0 Å². The number of hydrogen-bond donors (Lipinski definition) is 0. The summed E-state index contributed by atoms with van der Waals surface area (Å²) in [7, 11) is -2.92. The number of para-hydroxylation sites is 4. The monoisotopic (exact) mass is 668 g/mol. The fraction of sp³-hybridized carbons (Fsp3) is 0. The first-order valence-corrected chi connectivity index (χ1v) is 19.5. The summed E-state index contributed by atoms with van der Waals surface area (Å²) in [6.45, 7) is 0. The molecular formula is C48H36N2Si. The molecule has 0 aliphatic carbocycles. The van der Waals surface area contributed by atoms with E-state index >= 15 is 0 Å². The standard InChI is InChI=1S/C48H36N2Si/c1-6-19-37(20-7-1)49(38-21-8-2-9-22-38)40-33-35-43(36-34-40)51(41-25-12-4-13-26-41,42-27-14-5-15-28-42)47-32-18-31-46-48(47)44-29-16-17-30-45(44)50(46)39-23-10-3-11-24-39/h1-36H. The zero-order valence-electron chi connectivity index (χ0n) is 28.2. The Morgan fingerprint density at radius 3 is 1.33 bits per heavy atom. The summed E-state index contributed by atoms with van der Waals surface area (Å²) in [6.07, 6.45) is 0. The first-order chi connectivity index (χ1) is 25.3. The van der Waals surface area contributed by atoms with Crippen LogP contribution in [-0.2, 0) is 0 Å². The van der Waals surface area contributed by atoms with Crippen LogP contribution in [0.5, 0.6) is 0 Å². The van der Waals surface area contributed by atoms with Crippen molar-refractivity contribution in [3.63, 3.8) is 0 Å². The third-order valence-electron chi connectivity index (χ3n) is 10.1. The topological polar surface area (TPSA) is 8.17 Å². The van der Waals surface area contributed by atoms with Crippen molar-refractivity contribution in [3.8, 4) is 5.69 Å². The van der Waals surface area contributed by atoms with E-state index in [9.17, 15) is 0 Å². The lowest BCUT2D eigenvalue weighted by atomic mass is 10.1. The normalized spacial score (nSPS) is 11.5. The van der Waals surface area contributed by atoms with E-state index in [0.29, 0.717) is 0 Å². The predicted molar refractivity (Wildman–Crippen MR) is 219 cm³/mol. The van der Waals surface area contributed by atoms with Gasteiger partial charge in [-0.25, -0.2) is 0 Å². The van der Waals surface area contributed by atoms with E-state index in [0.717, 1.165) is 17.1 Å². The van der Waals surface area contributed by atoms with Crippen LogP contribution in [0.25, 0.3) is 27.5 Å². The molecule has 0 saturated heterocycles. The van der Waals surface area contributed by atoms with Crippen LogP contribution >= 0.6 is 0 Å². The van der Waals surface area contributed by atoms with Crippen molar-refractivity contribution >= 4 is 67.7 Å². The molecule has 3 heteroatoms. The zero-order chi connectivity index (χ0) is 34.0. The van der Waals surface area contributed by atoms with Gasteiger partial charge < -0.3 is 9.47 Å². The second kappa shape index (κ2) is 13.1. The minimum absolute atomic E-state index is 1.12. The van der Waals surface area contributed by atoms with E-state index in [1.54, 1.807) is 0 Å². The van der Waals surface area contributed by atoms with Crippen molar-refractivity contribution in [2.75, 3.05) is 4.90 Å². The van der Waals surface area contributed by atoms with Gasteiger partial charge in [0.2, 0.25) is 0 Å². The van der Waals surface area contributed by atoms with Crippen molar-refractivity contribution in [3.05, 3.63) is 218 Å². The SMILES string of the molecule is c1ccc(N(c2ccccc2)c2ccc([Si](c3ccccc3)(c3ccccc3)c3cccc4c3c3ccccc3n4-c3ccccc3)cc2)cc1. The highest BCUT2D eigenvalue weighted by Crippen LogP contribution is 2.35. The van der Waals surface area contributed by atoms with Gasteiger partial charge in [0.25, 0.3) is 0 Å². The van der Waals surface area contributed by atoms with E-state index in [-0.39, 0.29) is 0 Å². The molecule has 0 aliphatic rings. The summed E-state index contributed by atoms with van der Waals surface area (Å²) < 4.78 is 2.43. The molecule has 1 aromatic heterocycles. The van der Waals surface area contributed by atoms with Gasteiger partial charge in [-0.3, -0.25) is 0 Å². The summed E-state index contributed by atoms with van der Waals surface area (Å²) in [5.74, 6) is 0. The van der Waals surface area contributed by atoms with Gasteiger partial charge in [0.1, 0.15) is 0 Å². The van der Waals surface area contributed by atoms with Crippen LogP contribution < -0.4 is 25.6 Å². The lowest BCUT2D eigenvalue weighted by Gasteiger charge is -2.35. The summed E-state index contributed by atoms with van der Waals surface area (Å²) in [4.78, 5) is 2.34. The zero-order valence-corrected chi connectivity index (χ0v) is 29.2. The Kier molecular flexibility index (Phi) is 7.88. The second-order valence-electron chi connectivity index (χ2n) is 12.9. The van der Waals surface area contributed by atoms with Gasteiger partial charge >= 0.3 is 0 Å². The van der Waals surface area contributed by atoms with Crippen molar-refractivity contribution < 1.29 is 0 Å². The largest absolute Gasteiger partial charge is 0.311 e. The van der Waals surface area contributed by atoms with Gasteiger partial charge in [-0.1, -0.05) is 158 Å². The number of benzene rings is 8. The minimum atomic E-state index is -2.92. The van der Waals surface area contributed by atoms with E-state index in [4.69, 9.17) is 0 Å². The van der Waals surface area contributed by atoms with Gasteiger partial charge in [-0.05, 0) is 81.4 Å². The quantitative estimate of drug-likeness (QED) is 0.116. The molecule has 0 amide bonds. The fourth-order valence-corrected chi connectivity index (χ4v) is 13.0. The molecule has 242 valence electrons. The van der Waals surface area contributed by atoms with E-state index in [2.05, 4.69) is 228 Å². The maximum absolute atomic E-state index is 2.92. The Morgan fingerprint density at radius 2 is 0.765 bits per heavy atom. The molecule has 0 saturated carbocycles. The highest BCUT2D eigenvalue weighted by molar-refractivity contribution is 7.20. The number of anilines is 3. The van der Waals surface area contributed by atoms with E-state index in [1.165, 1.54) is 48.2 Å².